The summed E-state index contributed by atoms with van der Waals surface area (Å²) in [4.78, 5) is 5.30. The first kappa shape index (κ1) is 14.4. The zero-order valence-electron chi connectivity index (χ0n) is 9.62. The Morgan fingerprint density at radius 1 is 1.47 bits per heavy atom. The number of thiazole rings is 1. The normalized spacial score (nSPS) is 11.4. The number of halogens is 2. The van der Waals surface area contributed by atoms with Crippen molar-refractivity contribution in [1.82, 2.24) is 4.98 Å². The molecule has 0 spiro atoms. The van der Waals surface area contributed by atoms with Gasteiger partial charge in [0.15, 0.2) is 0 Å². The van der Waals surface area contributed by atoms with Gasteiger partial charge in [0.05, 0.1) is 23.9 Å². The van der Waals surface area contributed by atoms with Crippen molar-refractivity contribution in [2.45, 2.75) is 26.0 Å². The molecule has 0 saturated carbocycles. The van der Waals surface area contributed by atoms with Gasteiger partial charge in [0, 0.05) is 25.0 Å². The molecule has 98 valence electrons. The fourth-order valence-corrected chi connectivity index (χ4v) is 2.22. The van der Waals surface area contributed by atoms with Gasteiger partial charge in [-0.25, -0.2) is 13.8 Å². The quantitative estimate of drug-likeness (QED) is 0.726. The van der Waals surface area contributed by atoms with Gasteiger partial charge in [0.1, 0.15) is 6.61 Å². The van der Waals surface area contributed by atoms with Gasteiger partial charge in [0.2, 0.25) is 0 Å². The Hall–Kier alpha value is -0.630. The minimum atomic E-state index is -2.42. The molecule has 0 aliphatic carbocycles. The third-order valence-corrected chi connectivity index (χ3v) is 3.17. The summed E-state index contributed by atoms with van der Waals surface area (Å²) in [5.74, 6) is 0. The number of aromatic nitrogens is 1. The molecular formula is C10H16F2N2O2S. The van der Waals surface area contributed by atoms with E-state index in [1.807, 2.05) is 0 Å². The molecule has 17 heavy (non-hydrogen) atoms. The third kappa shape index (κ3) is 5.03. The summed E-state index contributed by atoms with van der Waals surface area (Å²) in [5, 5.41) is 0.840. The van der Waals surface area contributed by atoms with Gasteiger partial charge in [-0.05, 0) is 0 Å². The van der Waals surface area contributed by atoms with Crippen LogP contribution in [0, 0.1) is 0 Å². The zero-order chi connectivity index (χ0) is 12.7. The molecule has 4 nitrogen and oxygen atoms in total. The number of hydrogen-bond donors (Lipinski definition) is 1. The highest BCUT2D eigenvalue weighted by Gasteiger charge is 2.10. The number of nitrogens with zero attached hydrogens (tertiary/aromatic N) is 1. The minimum Gasteiger partial charge on any atom is -0.378 e. The molecule has 1 heterocycles. The molecule has 0 aliphatic rings. The summed E-state index contributed by atoms with van der Waals surface area (Å²) in [6.45, 7) is 0.545. The molecule has 0 unspecified atom stereocenters. The fourth-order valence-electron chi connectivity index (χ4n) is 1.28. The lowest BCUT2D eigenvalue weighted by Gasteiger charge is -2.00. The topological polar surface area (TPSA) is 57.4 Å². The van der Waals surface area contributed by atoms with Crippen LogP contribution in [0.4, 0.5) is 8.78 Å². The van der Waals surface area contributed by atoms with Gasteiger partial charge >= 0.3 is 0 Å². The summed E-state index contributed by atoms with van der Waals surface area (Å²) in [6.07, 6.45) is -1.90. The second kappa shape index (κ2) is 7.65. The molecule has 0 saturated heterocycles. The summed E-state index contributed by atoms with van der Waals surface area (Å²) in [7, 11) is 1.59. The first-order chi connectivity index (χ1) is 8.17. The van der Waals surface area contributed by atoms with Crippen molar-refractivity contribution in [3.63, 3.8) is 0 Å². The van der Waals surface area contributed by atoms with Crippen LogP contribution >= 0.6 is 11.3 Å². The molecule has 0 bridgehead atoms. The highest BCUT2D eigenvalue weighted by atomic mass is 32.1. The van der Waals surface area contributed by atoms with Gasteiger partial charge < -0.3 is 15.2 Å². The van der Waals surface area contributed by atoms with Crippen molar-refractivity contribution in [3.8, 4) is 0 Å². The highest BCUT2D eigenvalue weighted by molar-refractivity contribution is 7.11. The van der Waals surface area contributed by atoms with Crippen LogP contribution in [-0.4, -0.2) is 31.7 Å². The van der Waals surface area contributed by atoms with Crippen molar-refractivity contribution >= 4 is 11.3 Å². The van der Waals surface area contributed by atoms with Crippen LogP contribution in [0.25, 0.3) is 0 Å². The molecule has 0 aliphatic heterocycles. The van der Waals surface area contributed by atoms with Crippen molar-refractivity contribution in [3.05, 3.63) is 15.6 Å². The molecule has 0 fully saturated rings. The third-order valence-electron chi connectivity index (χ3n) is 1.99. The van der Waals surface area contributed by atoms with Gasteiger partial charge in [-0.2, -0.15) is 0 Å². The van der Waals surface area contributed by atoms with Crippen molar-refractivity contribution in [1.29, 1.82) is 0 Å². The Morgan fingerprint density at radius 2 is 2.24 bits per heavy atom. The van der Waals surface area contributed by atoms with Gasteiger partial charge in [-0.1, -0.05) is 0 Å². The van der Waals surface area contributed by atoms with Crippen molar-refractivity contribution in [2.75, 3.05) is 20.3 Å². The maximum absolute atomic E-state index is 11.8. The largest absolute Gasteiger partial charge is 0.378 e. The van der Waals surface area contributed by atoms with E-state index in [0.717, 1.165) is 15.6 Å². The van der Waals surface area contributed by atoms with Crippen LogP contribution < -0.4 is 5.73 Å². The van der Waals surface area contributed by atoms with E-state index in [1.54, 1.807) is 7.11 Å². The Balaban J connectivity index is 2.42. The molecule has 7 heteroatoms. The van der Waals surface area contributed by atoms with Crippen LogP contribution in [0.1, 0.15) is 15.6 Å². The van der Waals surface area contributed by atoms with Gasteiger partial charge in [-0.3, -0.25) is 0 Å². The summed E-state index contributed by atoms with van der Waals surface area (Å²) in [6, 6.07) is 0. The number of rotatable bonds is 8. The second-order valence-electron chi connectivity index (χ2n) is 3.33. The standard InChI is InChI=1S/C10H16F2N2O2S/c1-15-5-7-8(4-13)17-10(14-7)2-3-16-6-9(11)12/h9H,2-6,13H2,1H3. The van der Waals surface area contributed by atoms with Crippen molar-refractivity contribution in [2.24, 2.45) is 5.73 Å². The van der Waals surface area contributed by atoms with E-state index in [1.165, 1.54) is 11.3 Å². The van der Waals surface area contributed by atoms with E-state index in [0.29, 0.717) is 19.6 Å². The lowest BCUT2D eigenvalue weighted by Crippen LogP contribution is -2.07. The predicted molar refractivity (Wildman–Crippen MR) is 61.2 cm³/mol. The Bertz CT molecular complexity index is 334. The first-order valence-corrected chi connectivity index (χ1v) is 6.01. The Kier molecular flexibility index (Phi) is 6.49. The molecule has 0 aromatic carbocycles. The van der Waals surface area contributed by atoms with Crippen LogP contribution in [0.5, 0.6) is 0 Å². The first-order valence-electron chi connectivity index (χ1n) is 5.19. The zero-order valence-corrected chi connectivity index (χ0v) is 10.4. The van der Waals surface area contributed by atoms with Crippen LogP contribution in [0.2, 0.25) is 0 Å². The Labute approximate surface area is 103 Å². The molecule has 1 rings (SSSR count). The number of alkyl halides is 2. The van der Waals surface area contributed by atoms with Crippen LogP contribution in [0.3, 0.4) is 0 Å². The smallest absolute Gasteiger partial charge is 0.261 e. The van der Waals surface area contributed by atoms with E-state index >= 15 is 0 Å². The minimum absolute atomic E-state index is 0.244. The van der Waals surface area contributed by atoms with E-state index in [4.69, 9.17) is 15.2 Å². The van der Waals surface area contributed by atoms with E-state index < -0.39 is 13.0 Å². The molecule has 1 aromatic heterocycles. The highest BCUT2D eigenvalue weighted by Crippen LogP contribution is 2.19. The SMILES string of the molecule is COCc1nc(CCOCC(F)F)sc1CN. The van der Waals surface area contributed by atoms with Crippen molar-refractivity contribution < 1.29 is 18.3 Å². The maximum Gasteiger partial charge on any atom is 0.261 e. The number of methoxy groups -OCH3 is 1. The van der Waals surface area contributed by atoms with Crippen LogP contribution in [-0.2, 0) is 29.0 Å². The molecule has 0 amide bonds. The Morgan fingerprint density at radius 3 is 2.82 bits per heavy atom. The summed E-state index contributed by atoms with van der Waals surface area (Å²) >= 11 is 1.47. The maximum atomic E-state index is 11.8. The molecule has 1 aromatic rings. The summed E-state index contributed by atoms with van der Waals surface area (Å²) in [5.41, 5.74) is 6.40. The molecular weight excluding hydrogens is 250 g/mol. The monoisotopic (exact) mass is 266 g/mol. The average molecular weight is 266 g/mol. The van der Waals surface area contributed by atoms with Crippen LogP contribution in [0.15, 0.2) is 0 Å². The summed E-state index contributed by atoms with van der Waals surface area (Å²) < 4.78 is 33.4. The van der Waals surface area contributed by atoms with E-state index in [-0.39, 0.29) is 6.61 Å². The lowest BCUT2D eigenvalue weighted by atomic mass is 10.4. The molecule has 0 radical (unpaired) electrons. The molecule has 0 atom stereocenters. The predicted octanol–water partition coefficient (Wildman–Crippen LogP) is 1.57. The molecule has 2 N–H and O–H groups in total. The number of ether oxygens (including phenoxy) is 2. The van der Waals surface area contributed by atoms with E-state index in [2.05, 4.69) is 4.98 Å². The second-order valence-corrected chi connectivity index (χ2v) is 4.50. The number of nitrogens with two attached hydrogens (primary N) is 1. The number of hydrogen-bond acceptors (Lipinski definition) is 5. The average Bonchev–Trinajstić information content (AvgIpc) is 2.67. The van der Waals surface area contributed by atoms with Gasteiger partial charge in [-0.15, -0.1) is 11.3 Å². The fraction of sp³-hybridized carbons (Fsp3) is 0.700. The lowest BCUT2D eigenvalue weighted by molar-refractivity contribution is 0.0187. The van der Waals surface area contributed by atoms with Gasteiger partial charge in [0.25, 0.3) is 6.43 Å². The van der Waals surface area contributed by atoms with E-state index in [9.17, 15) is 8.78 Å².